The molecule has 0 radical (unpaired) electrons. The van der Waals surface area contributed by atoms with Gasteiger partial charge in [-0.05, 0) is 25.3 Å². The maximum absolute atomic E-state index is 12.2. The summed E-state index contributed by atoms with van der Waals surface area (Å²) in [6.45, 7) is 1.15. The van der Waals surface area contributed by atoms with Gasteiger partial charge in [-0.2, -0.15) is 0 Å². The Kier molecular flexibility index (Phi) is 5.88. The molecule has 5 nitrogen and oxygen atoms in total. The number of rotatable bonds is 6. The Morgan fingerprint density at radius 1 is 1.59 bits per heavy atom. The Labute approximate surface area is 103 Å². The topological polar surface area (TPSA) is 75.8 Å². The molecule has 1 saturated carbocycles. The van der Waals surface area contributed by atoms with E-state index in [9.17, 15) is 9.90 Å². The molecular weight excluding hydrogens is 220 g/mol. The fourth-order valence-electron chi connectivity index (χ4n) is 2.58. The van der Waals surface area contributed by atoms with Crippen molar-refractivity contribution in [2.75, 3.05) is 33.9 Å². The average Bonchev–Trinajstić information content (AvgIpc) is 2.76. The van der Waals surface area contributed by atoms with Gasteiger partial charge in [-0.3, -0.25) is 4.79 Å². The molecule has 3 N–H and O–H groups in total. The molecule has 100 valence electrons. The van der Waals surface area contributed by atoms with E-state index in [0.29, 0.717) is 19.0 Å². The first-order valence-electron chi connectivity index (χ1n) is 6.22. The Morgan fingerprint density at radius 2 is 2.29 bits per heavy atom. The van der Waals surface area contributed by atoms with Gasteiger partial charge in [0, 0.05) is 26.6 Å². The van der Waals surface area contributed by atoms with Gasteiger partial charge < -0.3 is 20.5 Å². The zero-order chi connectivity index (χ0) is 12.8. The van der Waals surface area contributed by atoms with Crippen molar-refractivity contribution in [3.8, 4) is 0 Å². The number of hydrogen-bond donors (Lipinski definition) is 2. The van der Waals surface area contributed by atoms with Crippen LogP contribution in [0.3, 0.4) is 0 Å². The first-order chi connectivity index (χ1) is 8.10. The second-order valence-electron chi connectivity index (χ2n) is 4.86. The van der Waals surface area contributed by atoms with Crippen LogP contribution in [0, 0.1) is 11.8 Å². The minimum Gasteiger partial charge on any atom is -0.389 e. The second-order valence-corrected chi connectivity index (χ2v) is 4.86. The summed E-state index contributed by atoms with van der Waals surface area (Å²) in [6, 6.07) is 0. The summed E-state index contributed by atoms with van der Waals surface area (Å²) in [4.78, 5) is 13.8. The molecule has 1 rings (SSSR count). The summed E-state index contributed by atoms with van der Waals surface area (Å²) in [7, 11) is 3.26. The van der Waals surface area contributed by atoms with Crippen molar-refractivity contribution >= 4 is 5.91 Å². The van der Waals surface area contributed by atoms with Gasteiger partial charge in [0.05, 0.1) is 12.7 Å². The minimum atomic E-state index is -0.619. The van der Waals surface area contributed by atoms with Gasteiger partial charge in [0.15, 0.2) is 0 Å². The number of methoxy groups -OCH3 is 1. The van der Waals surface area contributed by atoms with Gasteiger partial charge in [-0.1, -0.05) is 6.42 Å². The second kappa shape index (κ2) is 6.93. The smallest absolute Gasteiger partial charge is 0.225 e. The van der Waals surface area contributed by atoms with Crippen LogP contribution in [0.25, 0.3) is 0 Å². The highest BCUT2D eigenvalue weighted by Gasteiger charge is 2.33. The zero-order valence-electron chi connectivity index (χ0n) is 10.8. The highest BCUT2D eigenvalue weighted by Crippen LogP contribution is 2.32. The van der Waals surface area contributed by atoms with Crippen molar-refractivity contribution in [3.05, 3.63) is 0 Å². The van der Waals surface area contributed by atoms with Crippen molar-refractivity contribution < 1.29 is 14.6 Å². The number of carbonyl (C=O) groups is 1. The van der Waals surface area contributed by atoms with Gasteiger partial charge in [-0.15, -0.1) is 0 Å². The number of aliphatic hydroxyl groups is 1. The van der Waals surface area contributed by atoms with Crippen LogP contribution in [-0.4, -0.2) is 55.9 Å². The fraction of sp³-hybridized carbons (Fsp3) is 0.917. The SMILES string of the molecule is COCC(O)CN(C)C(=O)C1CCCC1CN. The van der Waals surface area contributed by atoms with E-state index in [0.717, 1.165) is 19.3 Å². The van der Waals surface area contributed by atoms with Gasteiger partial charge in [0.1, 0.15) is 0 Å². The van der Waals surface area contributed by atoms with Crippen LogP contribution in [0.5, 0.6) is 0 Å². The number of carbonyl (C=O) groups excluding carboxylic acids is 1. The fourth-order valence-corrected chi connectivity index (χ4v) is 2.58. The third kappa shape index (κ3) is 3.94. The lowest BCUT2D eigenvalue weighted by atomic mass is 9.95. The van der Waals surface area contributed by atoms with E-state index in [4.69, 9.17) is 10.5 Å². The number of nitrogens with zero attached hydrogens (tertiary/aromatic N) is 1. The molecule has 0 aromatic carbocycles. The molecule has 0 aromatic heterocycles. The van der Waals surface area contributed by atoms with Crippen LogP contribution < -0.4 is 5.73 Å². The largest absolute Gasteiger partial charge is 0.389 e. The summed E-state index contributed by atoms with van der Waals surface area (Å²) >= 11 is 0. The van der Waals surface area contributed by atoms with Gasteiger partial charge >= 0.3 is 0 Å². The highest BCUT2D eigenvalue weighted by molar-refractivity contribution is 5.79. The molecule has 17 heavy (non-hydrogen) atoms. The third-order valence-corrected chi connectivity index (χ3v) is 3.50. The maximum Gasteiger partial charge on any atom is 0.225 e. The maximum atomic E-state index is 12.2. The summed E-state index contributed by atoms with van der Waals surface area (Å²) < 4.78 is 4.84. The molecule has 1 aliphatic rings. The van der Waals surface area contributed by atoms with Crippen molar-refractivity contribution in [3.63, 3.8) is 0 Å². The first kappa shape index (κ1) is 14.4. The van der Waals surface area contributed by atoms with Gasteiger partial charge in [-0.25, -0.2) is 0 Å². The van der Waals surface area contributed by atoms with E-state index in [2.05, 4.69) is 0 Å². The molecule has 0 aliphatic heterocycles. The average molecular weight is 244 g/mol. The van der Waals surface area contributed by atoms with E-state index in [-0.39, 0.29) is 18.4 Å². The van der Waals surface area contributed by atoms with E-state index in [1.807, 2.05) is 0 Å². The number of likely N-dealkylation sites (N-methyl/N-ethyl adjacent to an activating group) is 1. The monoisotopic (exact) mass is 244 g/mol. The van der Waals surface area contributed by atoms with Crippen LogP contribution in [-0.2, 0) is 9.53 Å². The third-order valence-electron chi connectivity index (χ3n) is 3.50. The van der Waals surface area contributed by atoms with Crippen molar-refractivity contribution in [1.82, 2.24) is 4.90 Å². The van der Waals surface area contributed by atoms with Crippen LogP contribution >= 0.6 is 0 Å². The summed E-state index contributed by atoms with van der Waals surface area (Å²) in [5.41, 5.74) is 5.67. The van der Waals surface area contributed by atoms with Crippen molar-refractivity contribution in [1.29, 1.82) is 0 Å². The van der Waals surface area contributed by atoms with Crippen LogP contribution in [0.2, 0.25) is 0 Å². The minimum absolute atomic E-state index is 0.0414. The number of ether oxygens (including phenoxy) is 1. The van der Waals surface area contributed by atoms with E-state index in [1.165, 1.54) is 7.11 Å². The van der Waals surface area contributed by atoms with Gasteiger partial charge in [0.25, 0.3) is 0 Å². The predicted molar refractivity (Wildman–Crippen MR) is 65.4 cm³/mol. The van der Waals surface area contributed by atoms with Crippen LogP contribution in [0.15, 0.2) is 0 Å². The van der Waals surface area contributed by atoms with E-state index < -0.39 is 6.10 Å². The van der Waals surface area contributed by atoms with E-state index in [1.54, 1.807) is 11.9 Å². The predicted octanol–water partition coefficient (Wildman–Crippen LogP) is -0.173. The summed E-state index contributed by atoms with van der Waals surface area (Å²) in [5, 5.41) is 9.59. The summed E-state index contributed by atoms with van der Waals surface area (Å²) in [6.07, 6.45) is 2.42. The lowest BCUT2D eigenvalue weighted by Gasteiger charge is -2.26. The Bertz CT molecular complexity index is 248. The van der Waals surface area contributed by atoms with Crippen molar-refractivity contribution in [2.24, 2.45) is 17.6 Å². The molecule has 0 heterocycles. The standard InChI is InChI=1S/C12H24N2O3/c1-14(7-10(15)8-17-2)12(16)11-5-3-4-9(11)6-13/h9-11,15H,3-8,13H2,1-2H3. The molecule has 3 unspecified atom stereocenters. The molecule has 0 bridgehead atoms. The summed E-state index contributed by atoms with van der Waals surface area (Å²) in [5.74, 6) is 0.456. The molecular formula is C12H24N2O3. The number of amides is 1. The molecule has 5 heteroatoms. The normalized spacial score (nSPS) is 25.9. The number of hydrogen-bond acceptors (Lipinski definition) is 4. The first-order valence-corrected chi connectivity index (χ1v) is 6.22. The molecule has 0 saturated heterocycles. The Hall–Kier alpha value is -0.650. The lowest BCUT2D eigenvalue weighted by Crippen LogP contribution is -2.41. The van der Waals surface area contributed by atoms with Crippen LogP contribution in [0.1, 0.15) is 19.3 Å². The number of nitrogens with two attached hydrogens (primary N) is 1. The number of aliphatic hydroxyl groups excluding tert-OH is 1. The zero-order valence-corrected chi connectivity index (χ0v) is 10.8. The lowest BCUT2D eigenvalue weighted by molar-refractivity contribution is -0.137. The molecule has 1 amide bonds. The van der Waals surface area contributed by atoms with Crippen molar-refractivity contribution in [2.45, 2.75) is 25.4 Å². The molecule has 1 aliphatic carbocycles. The molecule has 1 fully saturated rings. The van der Waals surface area contributed by atoms with Gasteiger partial charge in [0.2, 0.25) is 5.91 Å². The highest BCUT2D eigenvalue weighted by atomic mass is 16.5. The molecule has 3 atom stereocenters. The quantitative estimate of drug-likeness (QED) is 0.680. The van der Waals surface area contributed by atoms with Crippen LogP contribution in [0.4, 0.5) is 0 Å². The van der Waals surface area contributed by atoms with E-state index >= 15 is 0 Å². The Balaban J connectivity index is 2.45. The molecule has 0 spiro atoms. The molecule has 0 aromatic rings. The Morgan fingerprint density at radius 3 is 2.88 bits per heavy atom.